The number of nitrogens with zero attached hydrogens (tertiary/aromatic N) is 1. The summed E-state index contributed by atoms with van der Waals surface area (Å²) >= 11 is 0. The second-order valence-electron chi connectivity index (χ2n) is 7.75. The van der Waals surface area contributed by atoms with Crippen molar-refractivity contribution in [1.82, 2.24) is 15.6 Å². The third-order valence-corrected chi connectivity index (χ3v) is 6.05. The quantitative estimate of drug-likeness (QED) is 0.403. The number of aromatic nitrogens is 1. The summed E-state index contributed by atoms with van der Waals surface area (Å²) in [5, 5.41) is 8.73. The maximum atomic E-state index is 12.8. The van der Waals surface area contributed by atoms with E-state index in [1.807, 2.05) is 0 Å². The molecule has 1 aromatic rings. The maximum Gasteiger partial charge on any atom is 0.407 e. The van der Waals surface area contributed by atoms with Gasteiger partial charge < -0.3 is 19.3 Å². The molecule has 1 aliphatic rings. The highest BCUT2D eigenvalue weighted by molar-refractivity contribution is 7.51. The molecule has 2 N–H and O–H groups in total. The van der Waals surface area contributed by atoms with Crippen LogP contribution in [0.5, 0.6) is 0 Å². The van der Waals surface area contributed by atoms with Crippen LogP contribution in [-0.4, -0.2) is 55.4 Å². The molecule has 0 radical (unpaired) electrons. The molecular formula is C18H28N3O9P. The van der Waals surface area contributed by atoms with E-state index >= 15 is 0 Å². The first-order valence-corrected chi connectivity index (χ1v) is 11.1. The zero-order valence-electron chi connectivity index (χ0n) is 18.1. The maximum absolute atomic E-state index is 12.8. The minimum Gasteiger partial charge on any atom is -0.468 e. The van der Waals surface area contributed by atoms with E-state index in [9.17, 15) is 18.9 Å². The Morgan fingerprint density at radius 2 is 2.10 bits per heavy atom. The van der Waals surface area contributed by atoms with E-state index in [1.54, 1.807) is 26.8 Å². The molecule has 1 fully saturated rings. The summed E-state index contributed by atoms with van der Waals surface area (Å²) in [4.78, 5) is 36.0. The van der Waals surface area contributed by atoms with Crippen molar-refractivity contribution in [2.45, 2.75) is 52.9 Å². The fourth-order valence-electron chi connectivity index (χ4n) is 2.67. The second-order valence-corrected chi connectivity index (χ2v) is 9.47. The van der Waals surface area contributed by atoms with Gasteiger partial charge in [-0.2, -0.15) is 0 Å². The number of nitrogens with one attached hydrogen (secondary N) is 2. The van der Waals surface area contributed by atoms with E-state index in [1.165, 1.54) is 14.0 Å². The molecule has 0 aromatic carbocycles. The van der Waals surface area contributed by atoms with Gasteiger partial charge in [0.15, 0.2) is 6.10 Å². The van der Waals surface area contributed by atoms with Crippen LogP contribution in [0.15, 0.2) is 10.6 Å². The summed E-state index contributed by atoms with van der Waals surface area (Å²) in [6, 6.07) is 0.677. The molecule has 1 aromatic heterocycles. The van der Waals surface area contributed by atoms with Crippen LogP contribution >= 0.6 is 7.75 Å². The Hall–Kier alpha value is -2.27. The lowest BCUT2D eigenvalue weighted by Gasteiger charge is -2.40. The lowest BCUT2D eigenvalue weighted by molar-refractivity contribution is -0.145. The first kappa shape index (κ1) is 25.0. The summed E-state index contributed by atoms with van der Waals surface area (Å²) in [7, 11) is -2.75. The predicted molar refractivity (Wildman–Crippen MR) is 105 cm³/mol. The van der Waals surface area contributed by atoms with Gasteiger partial charge >= 0.3 is 19.7 Å². The van der Waals surface area contributed by atoms with Crippen LogP contribution in [0, 0.1) is 12.3 Å². The van der Waals surface area contributed by atoms with E-state index in [-0.39, 0.29) is 26.2 Å². The molecule has 3 atom stereocenters. The van der Waals surface area contributed by atoms with Gasteiger partial charge in [-0.25, -0.2) is 9.65 Å². The minimum absolute atomic E-state index is 0.0113. The van der Waals surface area contributed by atoms with Gasteiger partial charge in [-0.15, -0.1) is 0 Å². The number of rotatable bonds is 9. The standard InChI is InChI=1S/C18H28N3O9P/c1-11-8-13(20-29-11)9-27-14(22)6-7-19-16(23)15-18(3,4)10-28-31(25,30-15)21-12(2)17(24)26-5/h8,12,15H,6-7,9-10H2,1-5H3,(H,19,23)(H,21,25)/t12?,15-,31?/m0/s1. The lowest BCUT2D eigenvalue weighted by atomic mass is 9.87. The summed E-state index contributed by atoms with van der Waals surface area (Å²) in [6.07, 6.45) is -1.22. The normalized spacial score (nSPS) is 23.6. The second kappa shape index (κ2) is 10.4. The monoisotopic (exact) mass is 461 g/mol. The summed E-state index contributed by atoms with van der Waals surface area (Å²) in [6.45, 7) is 6.47. The van der Waals surface area contributed by atoms with Crippen LogP contribution < -0.4 is 10.4 Å². The number of carbonyl (C=O) groups excluding carboxylic acids is 3. The molecule has 2 unspecified atom stereocenters. The van der Waals surface area contributed by atoms with Crippen LogP contribution in [-0.2, 0) is 44.1 Å². The van der Waals surface area contributed by atoms with Crippen molar-refractivity contribution in [3.8, 4) is 0 Å². The first-order chi connectivity index (χ1) is 14.5. The molecule has 2 rings (SSSR count). The van der Waals surface area contributed by atoms with E-state index in [0.29, 0.717) is 11.5 Å². The van der Waals surface area contributed by atoms with Crippen molar-refractivity contribution >= 4 is 25.6 Å². The first-order valence-electron chi connectivity index (χ1n) is 9.60. The molecule has 174 valence electrons. The Morgan fingerprint density at radius 1 is 1.39 bits per heavy atom. The number of hydrogen-bond donors (Lipinski definition) is 2. The molecule has 0 saturated carbocycles. The van der Waals surface area contributed by atoms with Crippen molar-refractivity contribution < 1.29 is 42.0 Å². The highest BCUT2D eigenvalue weighted by Gasteiger charge is 2.48. The van der Waals surface area contributed by atoms with Crippen LogP contribution in [0.2, 0.25) is 0 Å². The van der Waals surface area contributed by atoms with Gasteiger partial charge in [0.2, 0.25) is 5.91 Å². The minimum atomic E-state index is -3.94. The van der Waals surface area contributed by atoms with Crippen molar-refractivity contribution in [3.63, 3.8) is 0 Å². The molecule has 1 amide bonds. The molecule has 1 aliphatic heterocycles. The number of carbonyl (C=O) groups is 3. The highest BCUT2D eigenvalue weighted by atomic mass is 31.2. The van der Waals surface area contributed by atoms with Crippen LogP contribution in [0.1, 0.15) is 38.6 Å². The van der Waals surface area contributed by atoms with Gasteiger partial charge in [-0.1, -0.05) is 19.0 Å². The van der Waals surface area contributed by atoms with E-state index in [2.05, 4.69) is 20.3 Å². The number of amides is 1. The van der Waals surface area contributed by atoms with Gasteiger partial charge in [0.25, 0.3) is 0 Å². The molecule has 0 spiro atoms. The van der Waals surface area contributed by atoms with Crippen molar-refractivity contribution in [2.24, 2.45) is 5.41 Å². The van der Waals surface area contributed by atoms with Gasteiger partial charge in [0.1, 0.15) is 24.1 Å². The zero-order valence-corrected chi connectivity index (χ0v) is 19.0. The Labute approximate surface area is 179 Å². The summed E-state index contributed by atoms with van der Waals surface area (Å²) in [5.74, 6) is -1.16. The largest absolute Gasteiger partial charge is 0.468 e. The zero-order chi connectivity index (χ0) is 23.2. The van der Waals surface area contributed by atoms with E-state index < -0.39 is 43.2 Å². The summed E-state index contributed by atoms with van der Waals surface area (Å²) < 4.78 is 38.1. The van der Waals surface area contributed by atoms with Crippen molar-refractivity contribution in [1.29, 1.82) is 0 Å². The number of hydrogen-bond acceptors (Lipinski definition) is 10. The van der Waals surface area contributed by atoms with Gasteiger partial charge in [0, 0.05) is 18.0 Å². The number of methoxy groups -OCH3 is 1. The Kier molecular flexibility index (Phi) is 8.35. The number of aryl methyl sites for hydroxylation is 1. The fraction of sp³-hybridized carbons (Fsp3) is 0.667. The SMILES string of the molecule is COC(=O)C(C)NP1(=O)OCC(C)(C)[C@H](C(=O)NCCC(=O)OCc2cc(C)on2)O1. The van der Waals surface area contributed by atoms with Crippen LogP contribution in [0.3, 0.4) is 0 Å². The molecule has 31 heavy (non-hydrogen) atoms. The van der Waals surface area contributed by atoms with Gasteiger partial charge in [0.05, 0.1) is 20.1 Å². The molecule has 2 heterocycles. The molecule has 0 aliphatic carbocycles. The van der Waals surface area contributed by atoms with Crippen molar-refractivity contribution in [3.05, 3.63) is 17.5 Å². The molecule has 0 bridgehead atoms. The Balaban J connectivity index is 1.85. The van der Waals surface area contributed by atoms with E-state index in [4.69, 9.17) is 18.3 Å². The van der Waals surface area contributed by atoms with Crippen LogP contribution in [0.4, 0.5) is 0 Å². The fourth-order valence-corrected chi connectivity index (χ4v) is 4.61. The molecular weight excluding hydrogens is 433 g/mol. The Bertz CT molecular complexity index is 854. The van der Waals surface area contributed by atoms with Crippen LogP contribution in [0.25, 0.3) is 0 Å². The average molecular weight is 461 g/mol. The third kappa shape index (κ3) is 7.13. The lowest BCUT2D eigenvalue weighted by Crippen LogP contribution is -2.51. The third-order valence-electron chi connectivity index (χ3n) is 4.39. The topological polar surface area (TPSA) is 155 Å². The molecule has 12 nitrogen and oxygen atoms in total. The number of ether oxygens (including phenoxy) is 2. The smallest absolute Gasteiger partial charge is 0.407 e. The summed E-state index contributed by atoms with van der Waals surface area (Å²) in [5.41, 5.74) is -0.323. The highest BCUT2D eigenvalue weighted by Crippen LogP contribution is 2.53. The van der Waals surface area contributed by atoms with Crippen molar-refractivity contribution in [2.75, 3.05) is 20.3 Å². The van der Waals surface area contributed by atoms with E-state index in [0.717, 1.165) is 0 Å². The Morgan fingerprint density at radius 3 is 2.71 bits per heavy atom. The van der Waals surface area contributed by atoms with Gasteiger partial charge in [-0.3, -0.25) is 23.4 Å². The van der Waals surface area contributed by atoms with Gasteiger partial charge in [-0.05, 0) is 13.8 Å². The average Bonchev–Trinajstić information content (AvgIpc) is 3.13. The molecule has 13 heteroatoms. The predicted octanol–water partition coefficient (Wildman–Crippen LogP) is 1.23. The molecule has 1 saturated heterocycles. The number of esters is 2.